The van der Waals surface area contributed by atoms with E-state index < -0.39 is 0 Å². The van der Waals surface area contributed by atoms with Crippen molar-refractivity contribution in [2.45, 2.75) is 0 Å². The molecule has 0 spiro atoms. The minimum atomic E-state index is 0. The average molecular weight is 409 g/mol. The summed E-state index contributed by atoms with van der Waals surface area (Å²) in [6.45, 7) is 0. The van der Waals surface area contributed by atoms with Crippen molar-refractivity contribution < 1.29 is 19.8 Å². The number of hydrogen-bond acceptors (Lipinski definition) is 1. The molecule has 2 nitrogen and oxygen atoms in total. The minimum absolute atomic E-state index is 0. The zero-order valence-electron chi connectivity index (χ0n) is 9.60. The molecule has 0 fully saturated rings. The number of hydrogen-bond donors (Lipinski definition) is 0. The molecular formula is C15H11N2Os. The Balaban J connectivity index is 0.00000120. The molecule has 0 aliphatic carbocycles. The Kier molecular flexibility index (Phi) is 4.07. The van der Waals surface area contributed by atoms with Crippen molar-refractivity contribution in [3.05, 3.63) is 73.1 Å². The first-order valence-corrected chi connectivity index (χ1v) is 5.51. The molecule has 0 bridgehead atoms. The summed E-state index contributed by atoms with van der Waals surface area (Å²) in [5, 5.41) is 0. The Morgan fingerprint density at radius 2 is 1.72 bits per heavy atom. The zero-order chi connectivity index (χ0) is 11.5. The van der Waals surface area contributed by atoms with E-state index in [0.717, 1.165) is 17.1 Å². The number of para-hydroxylation sites is 1. The van der Waals surface area contributed by atoms with E-state index >= 15 is 0 Å². The van der Waals surface area contributed by atoms with Crippen LogP contribution in [0.2, 0.25) is 0 Å². The second-order valence-corrected chi connectivity index (χ2v) is 3.73. The number of pyridine rings is 1. The van der Waals surface area contributed by atoms with Gasteiger partial charge in [0, 0.05) is 11.9 Å². The van der Waals surface area contributed by atoms with Crippen LogP contribution in [-0.4, -0.2) is 9.55 Å². The molecule has 0 amide bonds. The summed E-state index contributed by atoms with van der Waals surface area (Å²) in [6.07, 6.45) is 3.80. The molecule has 0 N–H and O–H groups in total. The Bertz CT molecular complexity index is 549. The van der Waals surface area contributed by atoms with Crippen LogP contribution in [0.25, 0.3) is 17.1 Å². The fraction of sp³-hybridized carbons (Fsp3) is 0. The summed E-state index contributed by atoms with van der Waals surface area (Å²) in [7, 11) is 0. The van der Waals surface area contributed by atoms with Gasteiger partial charge in [-0.3, -0.25) is 0 Å². The third-order valence-electron chi connectivity index (χ3n) is 2.63. The van der Waals surface area contributed by atoms with Crippen LogP contribution in [0, 0.1) is 6.07 Å². The van der Waals surface area contributed by atoms with Gasteiger partial charge in [0.05, 0.1) is 0 Å². The van der Waals surface area contributed by atoms with Gasteiger partial charge in [0.2, 0.25) is 0 Å². The minimum Gasteiger partial charge on any atom is -0.391 e. The number of benzene rings is 1. The van der Waals surface area contributed by atoms with Gasteiger partial charge in [0.1, 0.15) is 0 Å². The largest absolute Gasteiger partial charge is 1.00 e. The molecule has 0 atom stereocenters. The first kappa shape index (κ1) is 12.7. The number of nitrogens with zero attached hydrogens (tertiary/aromatic N) is 2. The molecule has 0 saturated carbocycles. The van der Waals surface area contributed by atoms with E-state index in [4.69, 9.17) is 0 Å². The molecule has 3 aromatic rings. The monoisotopic (exact) mass is 411 g/mol. The molecule has 18 heavy (non-hydrogen) atoms. The van der Waals surface area contributed by atoms with Crippen LogP contribution in [-0.2, 0) is 19.8 Å². The Hall–Kier alpha value is -1.71. The van der Waals surface area contributed by atoms with Gasteiger partial charge in [-0.25, -0.2) is 0 Å². The molecule has 89 valence electrons. The van der Waals surface area contributed by atoms with E-state index in [0.29, 0.717) is 0 Å². The third kappa shape index (κ3) is 2.42. The zero-order valence-corrected chi connectivity index (χ0v) is 12.1. The van der Waals surface area contributed by atoms with Gasteiger partial charge in [-0.2, -0.15) is 12.1 Å². The van der Waals surface area contributed by atoms with E-state index in [1.165, 1.54) is 0 Å². The van der Waals surface area contributed by atoms with Crippen molar-refractivity contribution in [1.29, 1.82) is 0 Å². The van der Waals surface area contributed by atoms with Gasteiger partial charge >= 0.3 is 19.8 Å². The Labute approximate surface area is 119 Å². The molecule has 2 heterocycles. The van der Waals surface area contributed by atoms with Crippen molar-refractivity contribution in [2.75, 3.05) is 0 Å². The van der Waals surface area contributed by atoms with Gasteiger partial charge in [-0.1, -0.05) is 42.2 Å². The first-order chi connectivity index (χ1) is 8.45. The molecule has 0 unspecified atom stereocenters. The standard InChI is InChI=1S/C15H11N2.Os/c1-2-7-13(8-3-1)17-12-6-10-15(17)14-9-4-5-11-16-14;/h1-9,11-12H;/q-1;+1. The number of rotatable bonds is 2. The Morgan fingerprint density at radius 3 is 2.44 bits per heavy atom. The Morgan fingerprint density at radius 1 is 0.944 bits per heavy atom. The molecule has 0 aliphatic rings. The van der Waals surface area contributed by atoms with Crippen molar-refractivity contribution >= 4 is 0 Å². The second-order valence-electron chi connectivity index (χ2n) is 3.73. The van der Waals surface area contributed by atoms with E-state index in [1.807, 2.05) is 48.7 Å². The summed E-state index contributed by atoms with van der Waals surface area (Å²) >= 11 is 0. The van der Waals surface area contributed by atoms with Gasteiger partial charge < -0.3 is 9.55 Å². The van der Waals surface area contributed by atoms with Crippen LogP contribution in [0.4, 0.5) is 0 Å². The predicted octanol–water partition coefficient (Wildman–Crippen LogP) is 3.34. The van der Waals surface area contributed by atoms with E-state index in [1.54, 1.807) is 6.20 Å². The van der Waals surface area contributed by atoms with Crippen molar-refractivity contribution in [3.63, 3.8) is 0 Å². The molecule has 0 aliphatic heterocycles. The van der Waals surface area contributed by atoms with Crippen molar-refractivity contribution in [1.82, 2.24) is 9.55 Å². The maximum atomic E-state index is 4.36. The summed E-state index contributed by atoms with van der Waals surface area (Å²) < 4.78 is 2.09. The quantitative estimate of drug-likeness (QED) is 0.594. The molecule has 3 heteroatoms. The summed E-state index contributed by atoms with van der Waals surface area (Å²) in [5.41, 5.74) is 3.03. The van der Waals surface area contributed by atoms with Crippen LogP contribution in [0.3, 0.4) is 0 Å². The van der Waals surface area contributed by atoms with Crippen molar-refractivity contribution in [2.24, 2.45) is 0 Å². The fourth-order valence-electron chi connectivity index (χ4n) is 1.84. The molecule has 0 saturated heterocycles. The summed E-state index contributed by atoms with van der Waals surface area (Å²) in [5.74, 6) is 0. The van der Waals surface area contributed by atoms with Crippen LogP contribution < -0.4 is 0 Å². The van der Waals surface area contributed by atoms with Gasteiger partial charge in [0.25, 0.3) is 0 Å². The molecular weight excluding hydrogens is 398 g/mol. The smallest absolute Gasteiger partial charge is 0.391 e. The third-order valence-corrected chi connectivity index (χ3v) is 2.63. The topological polar surface area (TPSA) is 17.8 Å². The SMILES string of the molecule is [Os+].[c-]1ccn(-c2ccccc2)c1-c1ccccn1. The predicted molar refractivity (Wildman–Crippen MR) is 67.8 cm³/mol. The summed E-state index contributed by atoms with van der Waals surface area (Å²) in [4.78, 5) is 4.36. The average Bonchev–Trinajstić information content (AvgIpc) is 2.90. The van der Waals surface area contributed by atoms with Gasteiger partial charge in [0.15, 0.2) is 0 Å². The van der Waals surface area contributed by atoms with Crippen molar-refractivity contribution in [3.8, 4) is 17.1 Å². The van der Waals surface area contributed by atoms with Crippen LogP contribution in [0.5, 0.6) is 0 Å². The second kappa shape index (κ2) is 5.75. The maximum Gasteiger partial charge on any atom is 1.00 e. The van der Waals surface area contributed by atoms with E-state index in [-0.39, 0.29) is 19.8 Å². The van der Waals surface area contributed by atoms with Crippen LogP contribution in [0.15, 0.2) is 67.0 Å². The molecule has 1 radical (unpaired) electrons. The van der Waals surface area contributed by atoms with E-state index in [9.17, 15) is 0 Å². The molecule has 3 rings (SSSR count). The fourth-order valence-corrected chi connectivity index (χ4v) is 1.84. The molecule has 1 aromatic carbocycles. The van der Waals surface area contributed by atoms with E-state index in [2.05, 4.69) is 27.8 Å². The van der Waals surface area contributed by atoms with Gasteiger partial charge in [-0.05, 0) is 23.9 Å². The van der Waals surface area contributed by atoms with Crippen LogP contribution >= 0.6 is 0 Å². The van der Waals surface area contributed by atoms with Crippen LogP contribution in [0.1, 0.15) is 0 Å². The normalized spacial score (nSPS) is 9.78. The number of aromatic nitrogens is 2. The first-order valence-electron chi connectivity index (χ1n) is 5.51. The summed E-state index contributed by atoms with van der Waals surface area (Å²) in [6, 6.07) is 21.2. The molecule has 2 aromatic heterocycles. The van der Waals surface area contributed by atoms with Gasteiger partial charge in [-0.15, -0.1) is 0 Å². The maximum absolute atomic E-state index is 4.36.